The molecule has 0 bridgehead atoms. The van der Waals surface area contributed by atoms with Crippen molar-refractivity contribution in [2.24, 2.45) is 0 Å². The van der Waals surface area contributed by atoms with Crippen LogP contribution in [0.5, 0.6) is 0 Å². The Balaban J connectivity index is 0.00000225. The Bertz CT molecular complexity index is 837. The third-order valence-corrected chi connectivity index (χ3v) is 4.40. The van der Waals surface area contributed by atoms with Crippen molar-refractivity contribution in [2.45, 2.75) is 24.7 Å². The van der Waals surface area contributed by atoms with E-state index in [1.165, 1.54) is 6.08 Å². The molecule has 1 aliphatic carbocycles. The van der Waals surface area contributed by atoms with Gasteiger partial charge in [0.05, 0.1) is 23.8 Å². The first-order valence-corrected chi connectivity index (χ1v) is 7.99. The van der Waals surface area contributed by atoms with Gasteiger partial charge in [-0.15, -0.1) is 12.4 Å². The molecular weight excluding hydrogens is 341 g/mol. The Hall–Kier alpha value is -2.13. The molecule has 0 radical (unpaired) electrons. The molecule has 0 amide bonds. The van der Waals surface area contributed by atoms with Gasteiger partial charge in [-0.1, -0.05) is 24.3 Å². The van der Waals surface area contributed by atoms with Gasteiger partial charge in [0.1, 0.15) is 6.17 Å². The lowest BCUT2D eigenvalue weighted by atomic mass is 9.92. The van der Waals surface area contributed by atoms with Crippen molar-refractivity contribution >= 4 is 23.3 Å². The van der Waals surface area contributed by atoms with Gasteiger partial charge in [0.15, 0.2) is 0 Å². The fraction of sp³-hybridized carbons (Fsp3) is 0.316. The van der Waals surface area contributed by atoms with Crippen molar-refractivity contribution in [3.8, 4) is 6.07 Å². The quantitative estimate of drug-likeness (QED) is 0.859. The van der Waals surface area contributed by atoms with E-state index >= 15 is 0 Å². The topological polar surface area (TPSA) is 61.0 Å². The highest BCUT2D eigenvalue weighted by atomic mass is 35.5. The second kappa shape index (κ2) is 8.30. The molecule has 3 atom stereocenters. The molecule has 2 unspecified atom stereocenters. The number of benzene rings is 1. The molecule has 3 rings (SSSR count). The van der Waals surface area contributed by atoms with Gasteiger partial charge < -0.3 is 15.0 Å². The molecule has 1 heterocycles. The summed E-state index contributed by atoms with van der Waals surface area (Å²) in [6.07, 6.45) is 5.48. The van der Waals surface area contributed by atoms with Crippen LogP contribution in [0.3, 0.4) is 0 Å². The zero-order valence-electron chi connectivity index (χ0n) is 13.9. The van der Waals surface area contributed by atoms with Gasteiger partial charge >= 0.3 is 0 Å². The van der Waals surface area contributed by atoms with Crippen molar-refractivity contribution in [3.63, 3.8) is 0 Å². The van der Waals surface area contributed by atoms with Gasteiger partial charge in [0, 0.05) is 30.1 Å². The minimum atomic E-state index is -1.04. The van der Waals surface area contributed by atoms with Crippen LogP contribution in [0.1, 0.15) is 18.0 Å². The predicted molar refractivity (Wildman–Crippen MR) is 99.6 cm³/mol. The normalized spacial score (nSPS) is 19.0. The number of halogens is 2. The summed E-state index contributed by atoms with van der Waals surface area (Å²) in [7, 11) is 1.77. The zero-order chi connectivity index (χ0) is 17.1. The maximum absolute atomic E-state index is 13.8. The summed E-state index contributed by atoms with van der Waals surface area (Å²) in [6.45, 7) is 0.389. The predicted octanol–water partition coefficient (Wildman–Crippen LogP) is 3.28. The average Bonchev–Trinajstić information content (AvgIpc) is 2.99. The van der Waals surface area contributed by atoms with E-state index in [1.807, 2.05) is 35.0 Å². The summed E-state index contributed by atoms with van der Waals surface area (Å²) in [6, 6.07) is 9.19. The first-order valence-electron chi connectivity index (χ1n) is 7.99. The highest BCUT2D eigenvalue weighted by molar-refractivity contribution is 5.86. The van der Waals surface area contributed by atoms with E-state index in [1.54, 1.807) is 19.2 Å². The zero-order valence-corrected chi connectivity index (χ0v) is 14.7. The van der Waals surface area contributed by atoms with E-state index in [-0.39, 0.29) is 24.9 Å². The lowest BCUT2D eigenvalue weighted by Crippen LogP contribution is -2.34. The number of hydrogen-bond donors (Lipinski definition) is 2. The maximum atomic E-state index is 13.8. The van der Waals surface area contributed by atoms with E-state index in [0.717, 1.165) is 16.5 Å². The number of aliphatic hydroxyl groups is 1. The number of rotatable bonds is 5. The van der Waals surface area contributed by atoms with Crippen LogP contribution in [0.2, 0.25) is 0 Å². The third kappa shape index (κ3) is 3.77. The molecule has 4 nitrogen and oxygen atoms in total. The number of alkyl halides is 1. The average molecular weight is 362 g/mol. The second-order valence-corrected chi connectivity index (χ2v) is 5.99. The van der Waals surface area contributed by atoms with Crippen molar-refractivity contribution in [3.05, 3.63) is 59.8 Å². The lowest BCUT2D eigenvalue weighted by Gasteiger charge is -2.29. The van der Waals surface area contributed by atoms with Crippen molar-refractivity contribution in [1.82, 2.24) is 9.88 Å². The van der Waals surface area contributed by atoms with Gasteiger partial charge in [-0.2, -0.15) is 5.26 Å². The van der Waals surface area contributed by atoms with Gasteiger partial charge in [0.2, 0.25) is 0 Å². The third-order valence-electron chi connectivity index (χ3n) is 4.40. The Morgan fingerprint density at radius 1 is 1.44 bits per heavy atom. The Morgan fingerprint density at radius 2 is 2.24 bits per heavy atom. The van der Waals surface area contributed by atoms with Crippen LogP contribution >= 0.6 is 12.4 Å². The van der Waals surface area contributed by atoms with Gasteiger partial charge in [-0.05, 0) is 30.8 Å². The van der Waals surface area contributed by atoms with Crippen molar-refractivity contribution < 1.29 is 9.50 Å². The summed E-state index contributed by atoms with van der Waals surface area (Å²) in [5.74, 6) is 0. The number of hydrogen-bond acceptors (Lipinski definition) is 3. The van der Waals surface area contributed by atoms with E-state index in [0.29, 0.717) is 12.1 Å². The monoisotopic (exact) mass is 361 g/mol. The Labute approximate surface area is 152 Å². The van der Waals surface area contributed by atoms with Gasteiger partial charge in [-0.3, -0.25) is 0 Å². The van der Waals surface area contributed by atoms with Crippen LogP contribution < -0.4 is 5.32 Å². The fourth-order valence-corrected chi connectivity index (χ4v) is 3.34. The number of fused-ring (bicyclic) bond motifs is 1. The molecule has 0 spiro atoms. The molecule has 2 aromatic rings. The Morgan fingerprint density at radius 3 is 2.92 bits per heavy atom. The summed E-state index contributed by atoms with van der Waals surface area (Å²) >= 11 is 0. The molecule has 1 aromatic carbocycles. The number of allylic oxidation sites excluding steroid dienone is 3. The highest BCUT2D eigenvalue weighted by Gasteiger charge is 2.28. The molecule has 0 saturated heterocycles. The van der Waals surface area contributed by atoms with Crippen LogP contribution in [-0.4, -0.2) is 35.5 Å². The second-order valence-electron chi connectivity index (χ2n) is 5.99. The number of nitrogens with zero attached hydrogens (tertiary/aromatic N) is 2. The van der Waals surface area contributed by atoms with Crippen molar-refractivity contribution in [1.29, 1.82) is 5.26 Å². The molecule has 1 aliphatic rings. The minimum absolute atomic E-state index is 0. The van der Waals surface area contributed by atoms with Crippen LogP contribution in [-0.2, 0) is 0 Å². The molecule has 0 aliphatic heterocycles. The van der Waals surface area contributed by atoms with Crippen LogP contribution in [0, 0.1) is 11.3 Å². The molecular formula is C19H21ClFN3O. The van der Waals surface area contributed by atoms with E-state index in [4.69, 9.17) is 0 Å². The van der Waals surface area contributed by atoms with E-state index < -0.39 is 12.3 Å². The Kier molecular flexibility index (Phi) is 6.38. The molecule has 0 fully saturated rings. The van der Waals surface area contributed by atoms with Crippen LogP contribution in [0.4, 0.5) is 4.39 Å². The first kappa shape index (κ1) is 19.2. The molecule has 2 N–H and O–H groups in total. The van der Waals surface area contributed by atoms with Crippen LogP contribution in [0.15, 0.2) is 54.3 Å². The highest BCUT2D eigenvalue weighted by Crippen LogP contribution is 2.33. The van der Waals surface area contributed by atoms with Crippen LogP contribution in [0.25, 0.3) is 10.9 Å². The summed E-state index contributed by atoms with van der Waals surface area (Å²) in [4.78, 5) is 0. The SMILES string of the molecule is CNCC(O)[C@H](C1=CC=CC(F)C1)n1ccc2c(C#N)cccc21.Cl. The summed E-state index contributed by atoms with van der Waals surface area (Å²) < 4.78 is 15.8. The molecule has 25 heavy (non-hydrogen) atoms. The van der Waals surface area contributed by atoms with E-state index in [9.17, 15) is 14.8 Å². The van der Waals surface area contributed by atoms with E-state index in [2.05, 4.69) is 11.4 Å². The van der Waals surface area contributed by atoms with Crippen molar-refractivity contribution in [2.75, 3.05) is 13.6 Å². The maximum Gasteiger partial charge on any atom is 0.122 e. The minimum Gasteiger partial charge on any atom is -0.389 e. The number of nitriles is 1. The first-order chi connectivity index (χ1) is 11.7. The number of aromatic nitrogens is 1. The smallest absolute Gasteiger partial charge is 0.122 e. The molecule has 1 aromatic heterocycles. The number of aliphatic hydroxyl groups excluding tert-OH is 1. The molecule has 132 valence electrons. The standard InChI is InChI=1S/C19H20FN3O.ClH/c1-22-12-18(24)19(13-4-2-6-15(20)10-13)23-9-8-16-14(11-21)5-3-7-17(16)23;/h2-9,15,18-19,22,24H,10,12H2,1H3;1H/t15?,18?,19-;/m0./s1. The lowest BCUT2D eigenvalue weighted by molar-refractivity contribution is 0.127. The summed E-state index contributed by atoms with van der Waals surface area (Å²) in [5.41, 5.74) is 2.29. The summed E-state index contributed by atoms with van der Waals surface area (Å²) in [5, 5.41) is 23.8. The number of likely N-dealkylation sites (N-methyl/N-ethyl adjacent to an activating group) is 1. The molecule has 6 heteroatoms. The largest absolute Gasteiger partial charge is 0.389 e. The fourth-order valence-electron chi connectivity index (χ4n) is 3.34. The number of nitrogens with one attached hydrogen (secondary N) is 1. The molecule has 0 saturated carbocycles. The van der Waals surface area contributed by atoms with Gasteiger partial charge in [0.25, 0.3) is 0 Å². The van der Waals surface area contributed by atoms with Gasteiger partial charge in [-0.25, -0.2) is 4.39 Å².